The number of nitrogen functional groups attached to an aromatic ring is 1. The molecule has 10 nitrogen and oxygen atoms in total. The summed E-state index contributed by atoms with van der Waals surface area (Å²) in [6.45, 7) is 1.83. The number of benzene rings is 4. The maximum atomic E-state index is 14.1. The summed E-state index contributed by atoms with van der Waals surface area (Å²) < 4.78 is 36.2. The van der Waals surface area contributed by atoms with E-state index in [1.165, 1.54) is 29.1 Å². The van der Waals surface area contributed by atoms with Gasteiger partial charge in [0.25, 0.3) is 10.0 Å². The molecule has 0 fully saturated rings. The molecule has 0 spiro atoms. The molecule has 0 bridgehead atoms. The van der Waals surface area contributed by atoms with Gasteiger partial charge in [-0.2, -0.15) is 15.6 Å². The van der Waals surface area contributed by atoms with Crippen molar-refractivity contribution in [3.63, 3.8) is 0 Å². The Balaban J connectivity index is 1.42. The van der Waals surface area contributed by atoms with E-state index in [0.717, 1.165) is 9.54 Å². The number of hydrogen-bond acceptors (Lipinski definition) is 8. The van der Waals surface area contributed by atoms with Crippen LogP contribution in [0.2, 0.25) is 0 Å². The number of hydrogen-bond donors (Lipinski definition) is 1. The first-order chi connectivity index (χ1) is 21.7. The van der Waals surface area contributed by atoms with Gasteiger partial charge in [0, 0.05) is 5.39 Å². The van der Waals surface area contributed by atoms with Gasteiger partial charge in [0.2, 0.25) is 5.78 Å². The number of anilines is 1. The van der Waals surface area contributed by atoms with E-state index in [2.05, 4.69) is 17.2 Å². The van der Waals surface area contributed by atoms with Gasteiger partial charge < -0.3 is 10.5 Å². The summed E-state index contributed by atoms with van der Waals surface area (Å²) in [6, 6.07) is 30.5. The van der Waals surface area contributed by atoms with Crippen molar-refractivity contribution < 1.29 is 17.9 Å². The Morgan fingerprint density at radius 1 is 0.933 bits per heavy atom. The van der Waals surface area contributed by atoms with Gasteiger partial charge in [-0.3, -0.25) is 4.79 Å². The van der Waals surface area contributed by atoms with Gasteiger partial charge in [-0.1, -0.05) is 36.4 Å². The summed E-state index contributed by atoms with van der Waals surface area (Å²) in [6.07, 6.45) is 1.34. The molecule has 0 amide bonds. The number of aryl methyl sites for hydroxylation is 1. The van der Waals surface area contributed by atoms with E-state index in [4.69, 9.17) is 15.7 Å². The van der Waals surface area contributed by atoms with Crippen LogP contribution in [0.5, 0.6) is 11.5 Å². The molecule has 2 aromatic heterocycles. The van der Waals surface area contributed by atoms with Gasteiger partial charge >= 0.3 is 0 Å². The van der Waals surface area contributed by atoms with Crippen molar-refractivity contribution in [2.24, 2.45) is 0 Å². The molecule has 6 rings (SSSR count). The molecule has 0 aliphatic rings. The first kappa shape index (κ1) is 28.9. The Morgan fingerprint density at radius 2 is 1.69 bits per heavy atom. The average molecular weight is 613 g/mol. The van der Waals surface area contributed by atoms with Crippen LogP contribution in [0.15, 0.2) is 108 Å². The van der Waals surface area contributed by atoms with Crippen LogP contribution in [-0.4, -0.2) is 28.0 Å². The highest BCUT2D eigenvalue weighted by Crippen LogP contribution is 2.32. The Kier molecular flexibility index (Phi) is 7.39. The van der Waals surface area contributed by atoms with Crippen molar-refractivity contribution in [2.75, 3.05) is 5.73 Å². The predicted octanol–water partition coefficient (Wildman–Crippen LogP) is 5.92. The highest BCUT2D eigenvalue weighted by molar-refractivity contribution is 7.90. The molecule has 0 saturated carbocycles. The number of ketones is 1. The summed E-state index contributed by atoms with van der Waals surface area (Å²) in [5.74, 6) is 0.403. The average Bonchev–Trinajstić information content (AvgIpc) is 3.63. The van der Waals surface area contributed by atoms with E-state index in [1.807, 2.05) is 6.92 Å². The third-order valence-electron chi connectivity index (χ3n) is 7.32. The Labute approximate surface area is 258 Å². The van der Waals surface area contributed by atoms with Crippen LogP contribution in [0.3, 0.4) is 0 Å². The molecule has 0 radical (unpaired) electrons. The number of nitrogens with zero attached hydrogens (tertiary/aromatic N) is 5. The van der Waals surface area contributed by atoms with Crippen LogP contribution in [0.1, 0.15) is 32.7 Å². The molecule has 220 valence electrons. The second-order valence-electron chi connectivity index (χ2n) is 10.2. The fraction of sp³-hybridized carbons (Fsp3) is 0.0588. The van der Waals surface area contributed by atoms with E-state index in [9.17, 15) is 18.5 Å². The lowest BCUT2D eigenvalue weighted by Gasteiger charge is -2.13. The summed E-state index contributed by atoms with van der Waals surface area (Å²) in [7, 11) is -4.22. The first-order valence-corrected chi connectivity index (χ1v) is 15.1. The number of rotatable bonds is 8. The Bertz CT molecular complexity index is 2310. The van der Waals surface area contributed by atoms with Gasteiger partial charge in [-0.15, -0.1) is 0 Å². The molecular formula is C34H24N6O4S. The second-order valence-corrected chi connectivity index (χ2v) is 12.0. The third-order valence-corrected chi connectivity index (χ3v) is 9.06. The zero-order chi connectivity index (χ0) is 31.7. The Hall–Kier alpha value is -6.17. The topological polar surface area (TPSA) is 157 Å². The van der Waals surface area contributed by atoms with Crippen molar-refractivity contribution in [1.82, 2.24) is 13.8 Å². The van der Waals surface area contributed by atoms with Crippen LogP contribution >= 0.6 is 0 Å². The zero-order valence-electron chi connectivity index (χ0n) is 23.9. The van der Waals surface area contributed by atoms with Crippen LogP contribution in [0.4, 0.5) is 5.82 Å². The van der Waals surface area contributed by atoms with Crippen molar-refractivity contribution in [2.45, 2.75) is 18.2 Å². The number of carbonyl (C=O) groups is 1. The van der Waals surface area contributed by atoms with Gasteiger partial charge in [0.1, 0.15) is 23.0 Å². The van der Waals surface area contributed by atoms with E-state index in [0.29, 0.717) is 33.7 Å². The molecule has 0 aliphatic heterocycles. The molecule has 0 aliphatic carbocycles. The van der Waals surface area contributed by atoms with Gasteiger partial charge in [-0.05, 0) is 78.7 Å². The quantitative estimate of drug-likeness (QED) is 0.208. The van der Waals surface area contributed by atoms with Crippen molar-refractivity contribution >= 4 is 32.5 Å². The summed E-state index contributed by atoms with van der Waals surface area (Å²) in [4.78, 5) is 14.1. The predicted molar refractivity (Wildman–Crippen MR) is 168 cm³/mol. The minimum Gasteiger partial charge on any atom is -0.457 e. The molecule has 4 aromatic carbocycles. The third kappa shape index (κ3) is 5.18. The molecule has 0 atom stereocenters. The largest absolute Gasteiger partial charge is 0.457 e. The fourth-order valence-corrected chi connectivity index (χ4v) is 6.70. The number of fused-ring (bicyclic) bond motifs is 1. The number of aromatic nitrogens is 3. The lowest BCUT2D eigenvalue weighted by molar-refractivity contribution is 0.103. The highest BCUT2D eigenvalue weighted by Gasteiger charge is 2.30. The van der Waals surface area contributed by atoms with Gasteiger partial charge in [0.15, 0.2) is 0 Å². The summed E-state index contributed by atoms with van der Waals surface area (Å²) in [5.41, 5.74) is 9.02. The monoisotopic (exact) mass is 612 g/mol. The van der Waals surface area contributed by atoms with E-state index in [1.54, 1.807) is 78.9 Å². The molecule has 0 unspecified atom stereocenters. The van der Waals surface area contributed by atoms with Crippen LogP contribution < -0.4 is 10.5 Å². The highest BCUT2D eigenvalue weighted by atomic mass is 32.2. The number of nitrogens with two attached hydrogens (primary N) is 1. The number of nitriles is 2. The number of ether oxygens (including phenoxy) is 1. The summed E-state index contributed by atoms with van der Waals surface area (Å²) in [5, 5.41) is 23.4. The van der Waals surface area contributed by atoms with Crippen LogP contribution in [0.25, 0.3) is 16.6 Å². The lowest BCUT2D eigenvalue weighted by Crippen LogP contribution is -2.19. The van der Waals surface area contributed by atoms with Crippen LogP contribution in [0, 0.1) is 29.6 Å². The van der Waals surface area contributed by atoms with E-state index in [-0.39, 0.29) is 33.9 Å². The smallest absolute Gasteiger partial charge is 0.268 e. The van der Waals surface area contributed by atoms with Crippen molar-refractivity contribution in [3.05, 3.63) is 131 Å². The molecule has 0 saturated heterocycles. The molecule has 2 N–H and O–H groups in total. The van der Waals surface area contributed by atoms with Crippen molar-refractivity contribution in [1.29, 1.82) is 10.5 Å². The fourth-order valence-electron chi connectivity index (χ4n) is 5.18. The summed E-state index contributed by atoms with van der Waals surface area (Å²) >= 11 is 0. The normalized spacial score (nSPS) is 11.2. The molecule has 45 heavy (non-hydrogen) atoms. The van der Waals surface area contributed by atoms with E-state index < -0.39 is 15.8 Å². The van der Waals surface area contributed by atoms with Gasteiger partial charge in [-0.25, -0.2) is 17.1 Å². The minimum absolute atomic E-state index is 0.00295. The van der Waals surface area contributed by atoms with Crippen LogP contribution in [-0.2, 0) is 16.4 Å². The van der Waals surface area contributed by atoms with E-state index >= 15 is 0 Å². The van der Waals surface area contributed by atoms with Crippen molar-refractivity contribution in [3.8, 4) is 29.3 Å². The first-order valence-electron chi connectivity index (χ1n) is 13.7. The molecule has 2 heterocycles. The zero-order valence-corrected chi connectivity index (χ0v) is 24.7. The Morgan fingerprint density at radius 3 is 2.42 bits per heavy atom. The maximum Gasteiger partial charge on any atom is 0.268 e. The maximum absolute atomic E-state index is 14.1. The molecule has 11 heteroatoms. The second kappa shape index (κ2) is 11.5. The molecular weight excluding hydrogens is 588 g/mol. The number of carbonyl (C=O) groups excluding carboxylic acids is 1. The lowest BCUT2D eigenvalue weighted by atomic mass is 10.1. The SMILES string of the molecule is Cc1cc(Oc2cccc(C#N)c2)ccc1-n1ncc(C(=O)c2cc3c(CC#N)cccc3n2S(=O)(=O)c2ccccc2)c1N. The standard InChI is InChI=1S/C34H24N6O4S/c1-22-17-26(44-25-9-5-7-23(18-25)20-36)13-14-30(22)39-34(37)29(21-38-39)33(41)32-19-28-24(15-16-35)8-6-12-31(28)40(32)45(42,43)27-10-3-2-4-11-27/h2-14,17-19,21H,15,37H2,1H3. The van der Waals surface area contributed by atoms with Gasteiger partial charge in [0.05, 0.1) is 52.0 Å². The minimum atomic E-state index is -4.22. The molecule has 6 aromatic rings.